The van der Waals surface area contributed by atoms with Gasteiger partial charge in [-0.3, -0.25) is 23.4 Å². The number of likely N-dealkylation sites (tertiary alicyclic amines) is 2. The van der Waals surface area contributed by atoms with Crippen LogP contribution in [0.15, 0.2) is 53.9 Å². The molecule has 342 valence electrons. The number of amides is 2. The SMILES string of the molecule is C.CC(=O)N1CCC(N)CC1.CCS(=O)c1ncc(C(=O)c2cc(OC)ccc2OC)c(N)n1.COc1ccc(OC)c(C(=O)c2cnc(NC3CCN(C(C)=O)CC3)nc2N)c1. The van der Waals surface area contributed by atoms with E-state index in [2.05, 4.69) is 25.3 Å². The zero-order chi connectivity index (χ0) is 45.5. The number of hydrogen-bond donors (Lipinski definition) is 4. The summed E-state index contributed by atoms with van der Waals surface area (Å²) in [5.74, 6) is 2.14. The van der Waals surface area contributed by atoms with Gasteiger partial charge in [0.05, 0.1) is 61.5 Å². The minimum Gasteiger partial charge on any atom is -0.497 e. The Bertz CT molecular complexity index is 2230. The molecule has 0 spiro atoms. The van der Waals surface area contributed by atoms with Gasteiger partial charge in [0.25, 0.3) is 0 Å². The van der Waals surface area contributed by atoms with E-state index in [1.165, 1.54) is 40.8 Å². The predicted molar refractivity (Wildman–Crippen MR) is 241 cm³/mol. The average molecular weight is 893 g/mol. The standard InChI is InChI=1S/C20H25N5O4.C15H17N3O4S.C7H14N2O.CH4/c1-12(26)25-8-6-13(7-9-25)23-20-22-11-16(19(21)24-20)18(27)15-10-14(28-2)4-5-17(15)29-3;1-4-23(20)15-17-8-11(14(16)18-15)13(19)10-7-9(21-2)5-6-12(10)22-3;1-6(10)9-4-2-7(8)3-5-9;/h4-5,10-11,13H,6-9H2,1-3H3,(H3,21,22,23,24);5-8H,4H2,1-3H3,(H2,16,17,18);7H,2-5,8H2,1H3;1H4. The first-order chi connectivity index (χ1) is 29.6. The first kappa shape index (κ1) is 50.9. The Morgan fingerprint density at radius 3 is 1.54 bits per heavy atom. The maximum absolute atomic E-state index is 13.0. The number of methoxy groups -OCH3 is 4. The molecule has 6 rings (SSSR count). The summed E-state index contributed by atoms with van der Waals surface area (Å²) < 4.78 is 32.5. The van der Waals surface area contributed by atoms with Gasteiger partial charge in [0, 0.05) is 70.3 Å². The molecule has 2 aliphatic heterocycles. The summed E-state index contributed by atoms with van der Waals surface area (Å²) >= 11 is 0. The van der Waals surface area contributed by atoms with E-state index < -0.39 is 16.6 Å². The van der Waals surface area contributed by atoms with Crippen LogP contribution in [-0.4, -0.2) is 130 Å². The van der Waals surface area contributed by atoms with Crippen LogP contribution in [0.1, 0.15) is 85.7 Å². The van der Waals surface area contributed by atoms with E-state index in [-0.39, 0.29) is 64.5 Å². The van der Waals surface area contributed by atoms with Gasteiger partial charge in [0.2, 0.25) is 34.5 Å². The van der Waals surface area contributed by atoms with E-state index in [9.17, 15) is 23.4 Å². The van der Waals surface area contributed by atoms with Gasteiger partial charge in [-0.1, -0.05) is 14.4 Å². The van der Waals surface area contributed by atoms with Crippen LogP contribution in [0.2, 0.25) is 0 Å². The number of aromatic nitrogens is 4. The molecule has 0 aliphatic carbocycles. The number of carbonyl (C=O) groups excluding carboxylic acids is 4. The summed E-state index contributed by atoms with van der Waals surface area (Å²) in [7, 11) is 4.64. The van der Waals surface area contributed by atoms with Crippen molar-refractivity contribution in [3.05, 3.63) is 71.0 Å². The highest BCUT2D eigenvalue weighted by Gasteiger charge is 2.24. The summed E-state index contributed by atoms with van der Waals surface area (Å²) in [4.78, 5) is 68.0. The van der Waals surface area contributed by atoms with Crippen LogP contribution >= 0.6 is 0 Å². The van der Waals surface area contributed by atoms with Crippen LogP contribution in [0.5, 0.6) is 23.0 Å². The van der Waals surface area contributed by atoms with Gasteiger partial charge in [0.1, 0.15) is 34.6 Å². The Kier molecular flexibility index (Phi) is 19.6. The van der Waals surface area contributed by atoms with Crippen LogP contribution in [0.4, 0.5) is 17.6 Å². The van der Waals surface area contributed by atoms with E-state index in [4.69, 9.17) is 36.1 Å². The molecule has 2 fully saturated rings. The molecule has 4 aromatic rings. The van der Waals surface area contributed by atoms with Gasteiger partial charge in [-0.2, -0.15) is 4.98 Å². The molecule has 2 aromatic heterocycles. The largest absolute Gasteiger partial charge is 0.497 e. The number of nitrogens with two attached hydrogens (primary N) is 3. The Labute approximate surface area is 370 Å². The molecular weight excluding hydrogens is 833 g/mol. The van der Waals surface area contributed by atoms with Crippen LogP contribution < -0.4 is 41.5 Å². The summed E-state index contributed by atoms with van der Waals surface area (Å²) in [6, 6.07) is 10.3. The molecule has 7 N–H and O–H groups in total. The normalized spacial score (nSPS) is 14.3. The van der Waals surface area contributed by atoms with Crippen LogP contribution in [0, 0.1) is 0 Å². The highest BCUT2D eigenvalue weighted by molar-refractivity contribution is 7.84. The van der Waals surface area contributed by atoms with E-state index >= 15 is 0 Å². The first-order valence-electron chi connectivity index (χ1n) is 19.8. The highest BCUT2D eigenvalue weighted by atomic mass is 32.2. The molecule has 1 atom stereocenters. The number of nitrogens with zero attached hydrogens (tertiary/aromatic N) is 6. The third kappa shape index (κ3) is 13.8. The van der Waals surface area contributed by atoms with Crippen LogP contribution in [0.25, 0.3) is 0 Å². The zero-order valence-electron chi connectivity index (χ0n) is 36.1. The van der Waals surface area contributed by atoms with Crippen molar-refractivity contribution in [2.24, 2.45) is 5.73 Å². The molecule has 2 amide bonds. The summed E-state index contributed by atoms with van der Waals surface area (Å²) in [5, 5.41) is 3.34. The quantitative estimate of drug-likeness (QED) is 0.116. The number of hydrogen-bond acceptors (Lipinski definition) is 17. The minimum atomic E-state index is -1.34. The molecule has 19 nitrogen and oxygen atoms in total. The number of anilines is 3. The lowest BCUT2D eigenvalue weighted by Crippen LogP contribution is -2.41. The molecule has 63 heavy (non-hydrogen) atoms. The molecule has 20 heteroatoms. The Morgan fingerprint density at radius 2 is 1.14 bits per heavy atom. The highest BCUT2D eigenvalue weighted by Crippen LogP contribution is 2.29. The second-order valence-corrected chi connectivity index (χ2v) is 15.8. The van der Waals surface area contributed by atoms with Crippen molar-refractivity contribution in [3.8, 4) is 23.0 Å². The minimum absolute atomic E-state index is 0. The molecule has 0 saturated carbocycles. The molecule has 0 bridgehead atoms. The monoisotopic (exact) mass is 892 g/mol. The van der Waals surface area contributed by atoms with Crippen LogP contribution in [0.3, 0.4) is 0 Å². The zero-order valence-corrected chi connectivity index (χ0v) is 37.0. The number of nitrogens with one attached hydrogen (secondary N) is 1. The molecule has 0 radical (unpaired) electrons. The molecule has 2 aliphatic rings. The maximum atomic E-state index is 13.0. The van der Waals surface area contributed by atoms with Gasteiger partial charge < -0.3 is 51.3 Å². The number of ketones is 2. The Morgan fingerprint density at radius 1 is 0.698 bits per heavy atom. The number of carbonyl (C=O) groups is 4. The van der Waals surface area contributed by atoms with Gasteiger partial charge in [-0.25, -0.2) is 15.0 Å². The second kappa shape index (κ2) is 24.3. The fourth-order valence-electron chi connectivity index (χ4n) is 6.44. The molecule has 1 unspecified atom stereocenters. The Balaban J connectivity index is 0.000000276. The average Bonchev–Trinajstić information content (AvgIpc) is 3.28. The Hall–Kier alpha value is -6.41. The van der Waals surface area contributed by atoms with Crippen molar-refractivity contribution >= 4 is 51.8 Å². The fourth-order valence-corrected chi connectivity index (χ4v) is 7.07. The van der Waals surface area contributed by atoms with Gasteiger partial charge >= 0.3 is 0 Å². The first-order valence-corrected chi connectivity index (χ1v) is 21.2. The third-order valence-corrected chi connectivity index (χ3v) is 11.3. The van der Waals surface area contributed by atoms with E-state index in [0.29, 0.717) is 59.4 Å². The van der Waals surface area contributed by atoms with E-state index in [1.54, 1.807) is 57.2 Å². The molecule has 4 heterocycles. The lowest BCUT2D eigenvalue weighted by molar-refractivity contribution is -0.130. The number of piperidine rings is 2. The van der Waals surface area contributed by atoms with Crippen molar-refractivity contribution in [1.82, 2.24) is 29.7 Å². The topological polar surface area (TPSA) is 270 Å². The predicted octanol–water partition coefficient (Wildman–Crippen LogP) is 3.76. The number of benzene rings is 2. The van der Waals surface area contributed by atoms with Crippen molar-refractivity contribution in [3.63, 3.8) is 0 Å². The van der Waals surface area contributed by atoms with Crippen molar-refractivity contribution < 1.29 is 42.3 Å². The number of nitrogen functional groups attached to an aromatic ring is 2. The molecule has 2 saturated heterocycles. The smallest absolute Gasteiger partial charge is 0.224 e. The maximum Gasteiger partial charge on any atom is 0.224 e. The molecule has 2 aromatic carbocycles. The van der Waals surface area contributed by atoms with Crippen molar-refractivity contribution in [1.29, 1.82) is 0 Å². The third-order valence-electron chi connectivity index (χ3n) is 10.1. The van der Waals surface area contributed by atoms with Gasteiger partial charge in [-0.05, 0) is 62.1 Å². The van der Waals surface area contributed by atoms with E-state index in [1.807, 2.05) is 9.80 Å². The summed E-state index contributed by atoms with van der Waals surface area (Å²) in [6.45, 7) is 7.99. The van der Waals surface area contributed by atoms with Crippen molar-refractivity contribution in [2.75, 3.05) is 77.2 Å². The molecular formula is C43H60N10O9S. The summed E-state index contributed by atoms with van der Waals surface area (Å²) in [6.07, 6.45) is 6.21. The fraction of sp³-hybridized carbons (Fsp3) is 0.442. The van der Waals surface area contributed by atoms with Crippen molar-refractivity contribution in [2.45, 2.75) is 71.1 Å². The number of rotatable bonds is 12. The number of ether oxygens (including phenoxy) is 4. The second-order valence-electron chi connectivity index (χ2n) is 14.1. The van der Waals surface area contributed by atoms with E-state index in [0.717, 1.165) is 38.8 Å². The van der Waals surface area contributed by atoms with Crippen LogP contribution in [-0.2, 0) is 20.4 Å². The van der Waals surface area contributed by atoms with Gasteiger partial charge in [0.15, 0.2) is 0 Å². The van der Waals surface area contributed by atoms with Gasteiger partial charge in [-0.15, -0.1) is 0 Å². The summed E-state index contributed by atoms with van der Waals surface area (Å²) in [5.41, 5.74) is 18.5. The lowest BCUT2D eigenvalue weighted by atomic mass is 10.0. The lowest BCUT2D eigenvalue weighted by Gasteiger charge is -2.31.